The first kappa shape index (κ1) is 28.7. The van der Waals surface area contributed by atoms with Crippen molar-refractivity contribution in [2.75, 3.05) is 13.7 Å². The highest BCUT2D eigenvalue weighted by Crippen LogP contribution is 2.39. The SMILES string of the molecule is COc1cc(C#N)c(OC2CCC(C)(C(=O)O)CC2)cc1C(=O)N[C@@H]1CCCC[C@@H]1C(=O)NCCCC1CC1. The number of nitrogens with zero attached hydrogens (tertiary/aromatic N) is 1. The Balaban J connectivity index is 1.43. The molecule has 3 fully saturated rings. The van der Waals surface area contributed by atoms with E-state index in [1.54, 1.807) is 6.92 Å². The monoisotopic (exact) mass is 539 g/mol. The Morgan fingerprint density at radius 3 is 2.44 bits per heavy atom. The van der Waals surface area contributed by atoms with Gasteiger partial charge in [-0.3, -0.25) is 14.4 Å². The highest BCUT2D eigenvalue weighted by Gasteiger charge is 2.38. The molecule has 3 aliphatic rings. The minimum Gasteiger partial charge on any atom is -0.496 e. The molecule has 212 valence electrons. The van der Waals surface area contributed by atoms with Crippen molar-refractivity contribution in [1.29, 1.82) is 5.26 Å². The number of carbonyl (C=O) groups excluding carboxylic acids is 2. The number of methoxy groups -OCH3 is 1. The largest absolute Gasteiger partial charge is 0.496 e. The molecule has 2 amide bonds. The van der Waals surface area contributed by atoms with Gasteiger partial charge in [0.05, 0.1) is 35.7 Å². The van der Waals surface area contributed by atoms with Gasteiger partial charge in [0.1, 0.15) is 17.6 Å². The van der Waals surface area contributed by atoms with Crippen LogP contribution in [0.5, 0.6) is 11.5 Å². The highest BCUT2D eigenvalue weighted by atomic mass is 16.5. The molecule has 39 heavy (non-hydrogen) atoms. The Kier molecular flexibility index (Phi) is 9.36. The molecule has 0 heterocycles. The first-order chi connectivity index (χ1) is 18.7. The molecule has 4 rings (SSSR count). The lowest BCUT2D eigenvalue weighted by atomic mass is 9.75. The van der Waals surface area contributed by atoms with Gasteiger partial charge in [-0.1, -0.05) is 25.7 Å². The molecule has 2 atom stereocenters. The van der Waals surface area contributed by atoms with E-state index in [0.717, 1.165) is 44.4 Å². The number of nitrogens with one attached hydrogen (secondary N) is 2. The second-order valence-corrected chi connectivity index (χ2v) is 11.7. The fraction of sp³-hybridized carbons (Fsp3) is 0.667. The molecule has 3 saturated carbocycles. The summed E-state index contributed by atoms with van der Waals surface area (Å²) in [7, 11) is 1.44. The van der Waals surface area contributed by atoms with Crippen molar-refractivity contribution in [1.82, 2.24) is 10.6 Å². The van der Waals surface area contributed by atoms with E-state index in [2.05, 4.69) is 16.7 Å². The minimum atomic E-state index is -0.810. The van der Waals surface area contributed by atoms with E-state index in [4.69, 9.17) is 9.47 Å². The lowest BCUT2D eigenvalue weighted by Crippen LogP contribution is -2.48. The van der Waals surface area contributed by atoms with Crippen molar-refractivity contribution in [3.05, 3.63) is 23.3 Å². The van der Waals surface area contributed by atoms with Crippen molar-refractivity contribution in [2.45, 2.75) is 96.1 Å². The van der Waals surface area contributed by atoms with Crippen LogP contribution in [0.25, 0.3) is 0 Å². The molecule has 0 spiro atoms. The van der Waals surface area contributed by atoms with Crippen LogP contribution < -0.4 is 20.1 Å². The van der Waals surface area contributed by atoms with Gasteiger partial charge < -0.3 is 25.2 Å². The maximum absolute atomic E-state index is 13.5. The predicted octanol–water partition coefficient (Wildman–Crippen LogP) is 4.57. The van der Waals surface area contributed by atoms with Crippen molar-refractivity contribution >= 4 is 17.8 Å². The molecule has 9 heteroatoms. The Labute approximate surface area is 230 Å². The second kappa shape index (κ2) is 12.7. The van der Waals surface area contributed by atoms with Crippen LogP contribution >= 0.6 is 0 Å². The van der Waals surface area contributed by atoms with Crippen LogP contribution in [0.1, 0.15) is 99.9 Å². The van der Waals surface area contributed by atoms with Gasteiger partial charge in [-0.25, -0.2) is 0 Å². The number of rotatable bonds is 11. The number of benzene rings is 1. The Bertz CT molecular complexity index is 1100. The van der Waals surface area contributed by atoms with Crippen LogP contribution in [-0.2, 0) is 9.59 Å². The third-order valence-electron chi connectivity index (χ3n) is 8.72. The number of hydrogen-bond donors (Lipinski definition) is 3. The molecule has 1 aromatic carbocycles. The third kappa shape index (κ3) is 7.23. The van der Waals surface area contributed by atoms with Crippen molar-refractivity contribution in [3.8, 4) is 17.6 Å². The molecule has 9 nitrogen and oxygen atoms in total. The molecule has 1 aromatic rings. The number of nitriles is 1. The summed E-state index contributed by atoms with van der Waals surface area (Å²) in [5.74, 6) is -0.0946. The van der Waals surface area contributed by atoms with Gasteiger partial charge in [-0.05, 0) is 70.3 Å². The fourth-order valence-corrected chi connectivity index (χ4v) is 5.83. The van der Waals surface area contributed by atoms with Gasteiger partial charge in [0.2, 0.25) is 5.91 Å². The van der Waals surface area contributed by atoms with Crippen molar-refractivity contribution < 1.29 is 29.0 Å². The zero-order valence-electron chi connectivity index (χ0n) is 23.1. The van der Waals surface area contributed by atoms with Gasteiger partial charge in [0.25, 0.3) is 5.91 Å². The number of carboxylic acid groups (broad SMARTS) is 1. The molecule has 0 saturated heterocycles. The highest BCUT2D eigenvalue weighted by molar-refractivity contribution is 5.98. The molecular formula is C30H41N3O6. The summed E-state index contributed by atoms with van der Waals surface area (Å²) in [4.78, 5) is 38.0. The molecule has 0 bridgehead atoms. The molecule has 0 radical (unpaired) electrons. The predicted molar refractivity (Wildman–Crippen MR) is 145 cm³/mol. The summed E-state index contributed by atoms with van der Waals surface area (Å²) >= 11 is 0. The summed E-state index contributed by atoms with van der Waals surface area (Å²) < 4.78 is 11.6. The van der Waals surface area contributed by atoms with Crippen LogP contribution in [0.2, 0.25) is 0 Å². The topological polar surface area (TPSA) is 138 Å². The fourth-order valence-electron chi connectivity index (χ4n) is 5.83. The lowest BCUT2D eigenvalue weighted by Gasteiger charge is -2.34. The molecule has 0 unspecified atom stereocenters. The van der Waals surface area contributed by atoms with Crippen molar-refractivity contribution in [2.24, 2.45) is 17.3 Å². The van der Waals surface area contributed by atoms with Gasteiger partial charge in [0, 0.05) is 18.7 Å². The Morgan fingerprint density at radius 2 is 1.79 bits per heavy atom. The number of carboxylic acids is 1. The van der Waals surface area contributed by atoms with E-state index >= 15 is 0 Å². The number of ether oxygens (including phenoxy) is 2. The molecule has 0 aromatic heterocycles. The van der Waals surface area contributed by atoms with Gasteiger partial charge in [-0.2, -0.15) is 5.26 Å². The molecule has 3 N–H and O–H groups in total. The van der Waals surface area contributed by atoms with E-state index in [9.17, 15) is 24.8 Å². The van der Waals surface area contributed by atoms with E-state index in [-0.39, 0.29) is 52.5 Å². The average Bonchev–Trinajstić information content (AvgIpc) is 3.77. The summed E-state index contributed by atoms with van der Waals surface area (Å²) in [6.07, 6.45) is 9.89. The number of aliphatic carboxylic acids is 1. The molecular weight excluding hydrogens is 498 g/mol. The Morgan fingerprint density at radius 1 is 1.08 bits per heavy atom. The normalized spacial score (nSPS) is 26.6. The maximum Gasteiger partial charge on any atom is 0.309 e. The number of amides is 2. The van der Waals surface area contributed by atoms with Gasteiger partial charge >= 0.3 is 5.97 Å². The summed E-state index contributed by atoms with van der Waals surface area (Å²) in [5.41, 5.74) is -0.286. The van der Waals surface area contributed by atoms with Crippen molar-refractivity contribution in [3.63, 3.8) is 0 Å². The zero-order chi connectivity index (χ0) is 28.0. The average molecular weight is 540 g/mol. The summed E-state index contributed by atoms with van der Waals surface area (Å²) in [6.45, 7) is 2.42. The maximum atomic E-state index is 13.5. The molecule has 0 aliphatic heterocycles. The van der Waals surface area contributed by atoms with Crippen LogP contribution in [-0.4, -0.2) is 48.7 Å². The third-order valence-corrected chi connectivity index (χ3v) is 8.72. The smallest absolute Gasteiger partial charge is 0.309 e. The number of carbonyl (C=O) groups is 3. The van der Waals surface area contributed by atoms with E-state index < -0.39 is 11.4 Å². The number of hydrogen-bond acceptors (Lipinski definition) is 6. The van der Waals surface area contributed by atoms with E-state index in [1.165, 1.54) is 32.1 Å². The first-order valence-electron chi connectivity index (χ1n) is 14.3. The summed E-state index contributed by atoms with van der Waals surface area (Å²) in [5, 5.41) is 25.4. The first-order valence-corrected chi connectivity index (χ1v) is 14.3. The quantitative estimate of drug-likeness (QED) is 0.350. The summed E-state index contributed by atoms with van der Waals surface area (Å²) in [6, 6.07) is 4.86. The van der Waals surface area contributed by atoms with Crippen LogP contribution in [0.4, 0.5) is 0 Å². The van der Waals surface area contributed by atoms with Crippen LogP contribution in [0.15, 0.2) is 12.1 Å². The van der Waals surface area contributed by atoms with Gasteiger partial charge in [-0.15, -0.1) is 0 Å². The minimum absolute atomic E-state index is 0.00253. The van der Waals surface area contributed by atoms with Gasteiger partial charge in [0.15, 0.2) is 0 Å². The van der Waals surface area contributed by atoms with Crippen LogP contribution in [0, 0.1) is 28.6 Å². The Hall–Kier alpha value is -3.28. The van der Waals surface area contributed by atoms with Crippen LogP contribution in [0.3, 0.4) is 0 Å². The van der Waals surface area contributed by atoms with E-state index in [0.29, 0.717) is 32.2 Å². The zero-order valence-corrected chi connectivity index (χ0v) is 23.1. The lowest BCUT2D eigenvalue weighted by molar-refractivity contribution is -0.150. The molecule has 3 aliphatic carbocycles. The second-order valence-electron chi connectivity index (χ2n) is 11.7. The standard InChI is InChI=1S/C30H41N3O6/c1-30(29(36)37)13-11-21(12-14-30)39-25-17-23(26(38-2)16-20(25)18-31)28(35)33-24-8-4-3-7-22(24)27(34)32-15-5-6-19-9-10-19/h16-17,19,21-22,24H,3-15H2,1-2H3,(H,32,34)(H,33,35)(H,36,37)/t21?,22-,24+,30?/m0/s1. The van der Waals surface area contributed by atoms with E-state index in [1.807, 2.05) is 0 Å².